The summed E-state index contributed by atoms with van der Waals surface area (Å²) in [5.74, 6) is 1.36. The molecule has 2 N–H and O–H groups in total. The number of piperazine rings is 1. The summed E-state index contributed by atoms with van der Waals surface area (Å²) in [5, 5.41) is 11.5. The van der Waals surface area contributed by atoms with Gasteiger partial charge in [-0.3, -0.25) is 4.68 Å². The van der Waals surface area contributed by atoms with Gasteiger partial charge in [-0.15, -0.1) is 0 Å². The number of hydrogen-bond acceptors (Lipinski definition) is 7. The molecule has 0 spiro atoms. The number of nitrogens with zero attached hydrogens (tertiary/aromatic N) is 6. The van der Waals surface area contributed by atoms with E-state index in [1.165, 1.54) is 48.9 Å². The second kappa shape index (κ2) is 8.50. The highest BCUT2D eigenvalue weighted by atomic mass is 15.3. The summed E-state index contributed by atoms with van der Waals surface area (Å²) in [6.45, 7) is 4.06. The Labute approximate surface area is 188 Å². The third-order valence-electron chi connectivity index (χ3n) is 7.01. The summed E-state index contributed by atoms with van der Waals surface area (Å²) in [5.41, 5.74) is 5.91. The molecule has 0 atom stereocenters. The van der Waals surface area contributed by atoms with Crippen LogP contribution in [0.25, 0.3) is 11.4 Å². The third kappa shape index (κ3) is 3.72. The van der Waals surface area contributed by atoms with E-state index >= 15 is 0 Å². The highest BCUT2D eigenvalue weighted by Crippen LogP contribution is 2.37. The zero-order valence-electron chi connectivity index (χ0n) is 18.4. The van der Waals surface area contributed by atoms with Crippen molar-refractivity contribution in [2.45, 2.75) is 51.0 Å². The van der Waals surface area contributed by atoms with Crippen LogP contribution in [0.5, 0.6) is 0 Å². The van der Waals surface area contributed by atoms with E-state index in [4.69, 9.17) is 10.1 Å². The van der Waals surface area contributed by atoms with Crippen LogP contribution in [0.2, 0.25) is 0 Å². The second-order valence-corrected chi connectivity index (χ2v) is 9.09. The Balaban J connectivity index is 1.26. The van der Waals surface area contributed by atoms with Crippen LogP contribution in [0.3, 0.4) is 0 Å². The molecule has 3 aromatic rings. The lowest BCUT2D eigenvalue weighted by atomic mass is 9.92. The van der Waals surface area contributed by atoms with Crippen molar-refractivity contribution < 1.29 is 0 Å². The molecule has 166 valence electrons. The number of aryl methyl sites for hydroxylation is 2. The average Bonchev–Trinajstić information content (AvgIpc) is 3.30. The lowest BCUT2D eigenvalue weighted by Gasteiger charge is -2.29. The summed E-state index contributed by atoms with van der Waals surface area (Å²) in [6, 6.07) is 4.62. The fraction of sp³-hybridized carbons (Fsp3) is 0.500. The van der Waals surface area contributed by atoms with Crippen molar-refractivity contribution in [1.82, 2.24) is 30.0 Å². The molecule has 3 aromatic heterocycles. The Bertz CT molecular complexity index is 1080. The monoisotopic (exact) mass is 430 g/mol. The Hall–Kier alpha value is -3.00. The van der Waals surface area contributed by atoms with E-state index in [1.807, 2.05) is 18.5 Å². The number of aromatic nitrogens is 5. The first kappa shape index (κ1) is 19.7. The quantitative estimate of drug-likeness (QED) is 0.655. The van der Waals surface area contributed by atoms with Gasteiger partial charge in [0.05, 0.1) is 35.5 Å². The van der Waals surface area contributed by atoms with Crippen LogP contribution in [-0.4, -0.2) is 50.9 Å². The van der Waals surface area contributed by atoms with Crippen LogP contribution in [-0.2, 0) is 12.8 Å². The first-order chi connectivity index (χ1) is 15.8. The highest BCUT2D eigenvalue weighted by Gasteiger charge is 2.27. The number of hydrogen-bond donors (Lipinski definition) is 2. The van der Waals surface area contributed by atoms with Gasteiger partial charge >= 0.3 is 0 Å². The van der Waals surface area contributed by atoms with Gasteiger partial charge in [-0.05, 0) is 43.4 Å². The topological polar surface area (TPSA) is 83.8 Å². The lowest BCUT2D eigenvalue weighted by molar-refractivity contribution is 0.331. The van der Waals surface area contributed by atoms with Gasteiger partial charge in [0.1, 0.15) is 5.82 Å². The molecule has 2 fully saturated rings. The Morgan fingerprint density at radius 2 is 1.75 bits per heavy atom. The Morgan fingerprint density at radius 1 is 0.906 bits per heavy atom. The fourth-order valence-electron chi connectivity index (χ4n) is 5.25. The SMILES string of the molecule is c1cc(Nc2ncc3c(n2)-c2c(cnn2C2CCCCC2)CC3)ncc1N1CCNCC1. The minimum Gasteiger partial charge on any atom is -0.368 e. The minimum atomic E-state index is 0.490. The molecule has 0 radical (unpaired) electrons. The number of rotatable bonds is 4. The molecule has 1 aliphatic heterocycles. The smallest absolute Gasteiger partial charge is 0.228 e. The molecule has 2 aliphatic carbocycles. The van der Waals surface area contributed by atoms with Gasteiger partial charge in [0, 0.05) is 37.9 Å². The van der Waals surface area contributed by atoms with E-state index in [0.29, 0.717) is 12.0 Å². The molecule has 6 rings (SSSR count). The van der Waals surface area contributed by atoms with Gasteiger partial charge in [-0.2, -0.15) is 5.10 Å². The van der Waals surface area contributed by atoms with Crippen molar-refractivity contribution in [2.24, 2.45) is 0 Å². The van der Waals surface area contributed by atoms with E-state index in [2.05, 4.69) is 42.4 Å². The standard InChI is InChI=1S/C24H30N8/c1-2-4-19(5-3-1)32-23-18(15-28-32)7-6-17-14-27-24(30-22(17)23)29-21-9-8-20(16-26-21)31-12-10-25-11-13-31/h8-9,14-16,19,25H,1-7,10-13H2,(H,26,27,29,30). The molecule has 8 nitrogen and oxygen atoms in total. The summed E-state index contributed by atoms with van der Waals surface area (Å²) < 4.78 is 2.25. The third-order valence-corrected chi connectivity index (χ3v) is 7.01. The van der Waals surface area contributed by atoms with Crippen molar-refractivity contribution in [1.29, 1.82) is 0 Å². The summed E-state index contributed by atoms with van der Waals surface area (Å²) in [6.07, 6.45) is 14.3. The van der Waals surface area contributed by atoms with Gasteiger partial charge in [-0.1, -0.05) is 19.3 Å². The molecule has 3 aliphatic rings. The molecule has 8 heteroatoms. The van der Waals surface area contributed by atoms with E-state index in [9.17, 15) is 0 Å². The van der Waals surface area contributed by atoms with Gasteiger partial charge in [0.15, 0.2) is 0 Å². The molecule has 0 aromatic carbocycles. The lowest BCUT2D eigenvalue weighted by Crippen LogP contribution is -2.43. The Morgan fingerprint density at radius 3 is 2.56 bits per heavy atom. The number of anilines is 3. The molecule has 32 heavy (non-hydrogen) atoms. The summed E-state index contributed by atoms with van der Waals surface area (Å²) in [4.78, 5) is 16.5. The first-order valence-corrected chi connectivity index (χ1v) is 12.0. The van der Waals surface area contributed by atoms with Crippen molar-refractivity contribution in [3.05, 3.63) is 41.9 Å². The van der Waals surface area contributed by atoms with Crippen LogP contribution in [0.15, 0.2) is 30.7 Å². The predicted molar refractivity (Wildman–Crippen MR) is 125 cm³/mol. The molecule has 0 unspecified atom stereocenters. The van der Waals surface area contributed by atoms with Crippen LogP contribution in [0.4, 0.5) is 17.5 Å². The Kier molecular flexibility index (Phi) is 5.23. The average molecular weight is 431 g/mol. The normalized spacial score (nSPS) is 18.8. The van der Waals surface area contributed by atoms with E-state index in [-0.39, 0.29) is 0 Å². The van der Waals surface area contributed by atoms with E-state index in [1.54, 1.807) is 0 Å². The highest BCUT2D eigenvalue weighted by molar-refractivity contribution is 5.67. The van der Waals surface area contributed by atoms with Crippen molar-refractivity contribution >= 4 is 17.5 Å². The van der Waals surface area contributed by atoms with Crippen molar-refractivity contribution in [3.8, 4) is 11.4 Å². The fourth-order valence-corrected chi connectivity index (χ4v) is 5.25. The maximum absolute atomic E-state index is 4.95. The zero-order valence-corrected chi connectivity index (χ0v) is 18.4. The van der Waals surface area contributed by atoms with Crippen LogP contribution in [0, 0.1) is 0 Å². The number of nitrogens with one attached hydrogen (secondary N) is 2. The maximum atomic E-state index is 4.95. The van der Waals surface area contributed by atoms with Crippen LogP contribution < -0.4 is 15.5 Å². The summed E-state index contributed by atoms with van der Waals surface area (Å²) >= 11 is 0. The molecule has 0 amide bonds. The van der Waals surface area contributed by atoms with Crippen molar-refractivity contribution in [2.75, 3.05) is 36.4 Å². The minimum absolute atomic E-state index is 0.490. The number of pyridine rings is 1. The summed E-state index contributed by atoms with van der Waals surface area (Å²) in [7, 11) is 0. The molecule has 4 heterocycles. The largest absolute Gasteiger partial charge is 0.368 e. The van der Waals surface area contributed by atoms with Gasteiger partial charge < -0.3 is 15.5 Å². The molecule has 0 bridgehead atoms. The van der Waals surface area contributed by atoms with Crippen molar-refractivity contribution in [3.63, 3.8) is 0 Å². The van der Waals surface area contributed by atoms with Gasteiger partial charge in [0.25, 0.3) is 0 Å². The molecule has 1 saturated carbocycles. The predicted octanol–water partition coefficient (Wildman–Crippen LogP) is 3.49. The van der Waals surface area contributed by atoms with Crippen LogP contribution in [0.1, 0.15) is 49.3 Å². The zero-order chi connectivity index (χ0) is 21.3. The number of fused-ring (bicyclic) bond motifs is 3. The van der Waals surface area contributed by atoms with E-state index in [0.717, 1.165) is 56.2 Å². The second-order valence-electron chi connectivity index (χ2n) is 9.09. The molecular weight excluding hydrogens is 400 g/mol. The van der Waals surface area contributed by atoms with Crippen LogP contribution >= 0.6 is 0 Å². The molecular formula is C24H30N8. The maximum Gasteiger partial charge on any atom is 0.228 e. The first-order valence-electron chi connectivity index (χ1n) is 12.0. The molecule has 1 saturated heterocycles. The van der Waals surface area contributed by atoms with E-state index < -0.39 is 0 Å². The van der Waals surface area contributed by atoms with Gasteiger partial charge in [-0.25, -0.2) is 15.0 Å². The van der Waals surface area contributed by atoms with Gasteiger partial charge in [0.2, 0.25) is 5.95 Å².